The van der Waals surface area contributed by atoms with Crippen LogP contribution >= 0.6 is 0 Å². The van der Waals surface area contributed by atoms with E-state index in [9.17, 15) is 4.79 Å². The van der Waals surface area contributed by atoms with E-state index in [0.29, 0.717) is 6.61 Å². The smallest absolute Gasteiger partial charge is 0.409 e. The number of rotatable bonds is 0. The van der Waals surface area contributed by atoms with Gasteiger partial charge in [-0.05, 0) is 13.8 Å². The van der Waals surface area contributed by atoms with Crippen LogP contribution in [0, 0.1) is 6.92 Å². The Bertz CT molecular complexity index is 325. The first-order chi connectivity index (χ1) is 8.11. The number of nitrogens with zero attached hydrogens (tertiary/aromatic N) is 1. The highest BCUT2D eigenvalue weighted by atomic mass is 16.6. The Labute approximate surface area is 102 Å². The highest BCUT2D eigenvalue weighted by Gasteiger charge is 2.15. The standard InChI is InChI=1S/C7H8.C4H7NO2.C2H4O/c1-7-5-3-2-4-6-7;1-5-2-3-7-4(5)6;1-2-3/h2-6H,1H3;2-3H2,1H3;2H,1H3. The summed E-state index contributed by atoms with van der Waals surface area (Å²) in [6, 6.07) is 10.3. The third kappa shape index (κ3) is 8.02. The molecule has 0 bridgehead atoms. The van der Waals surface area contributed by atoms with Gasteiger partial charge in [0.25, 0.3) is 0 Å². The molecule has 0 radical (unpaired) electrons. The molecular weight excluding hydrogens is 218 g/mol. The maximum absolute atomic E-state index is 10.3. The van der Waals surface area contributed by atoms with Gasteiger partial charge in [0.2, 0.25) is 0 Å². The van der Waals surface area contributed by atoms with Gasteiger partial charge in [-0.1, -0.05) is 35.9 Å². The second kappa shape index (κ2) is 9.39. The van der Waals surface area contributed by atoms with Crippen LogP contribution in [0.5, 0.6) is 0 Å². The minimum Gasteiger partial charge on any atom is -0.448 e. The number of hydrogen-bond acceptors (Lipinski definition) is 3. The summed E-state index contributed by atoms with van der Waals surface area (Å²) in [5.74, 6) is 0. The third-order valence-electron chi connectivity index (χ3n) is 1.90. The van der Waals surface area contributed by atoms with Crippen LogP contribution in [0.3, 0.4) is 0 Å². The van der Waals surface area contributed by atoms with Crippen molar-refractivity contribution in [3.63, 3.8) is 0 Å². The van der Waals surface area contributed by atoms with Gasteiger partial charge in [-0.15, -0.1) is 0 Å². The second-order valence-electron chi connectivity index (χ2n) is 3.43. The fourth-order valence-electron chi connectivity index (χ4n) is 1.01. The number of aldehydes is 1. The predicted octanol–water partition coefficient (Wildman–Crippen LogP) is 2.27. The molecule has 4 nitrogen and oxygen atoms in total. The molecule has 1 aromatic rings. The van der Waals surface area contributed by atoms with Crippen molar-refractivity contribution in [3.8, 4) is 0 Å². The molecule has 1 aliphatic heterocycles. The van der Waals surface area contributed by atoms with E-state index >= 15 is 0 Å². The largest absolute Gasteiger partial charge is 0.448 e. The zero-order valence-electron chi connectivity index (χ0n) is 10.6. The molecule has 1 fully saturated rings. The van der Waals surface area contributed by atoms with Gasteiger partial charge in [-0.2, -0.15) is 0 Å². The molecule has 0 atom stereocenters. The van der Waals surface area contributed by atoms with Crippen LogP contribution in [0.2, 0.25) is 0 Å². The average Bonchev–Trinajstić information content (AvgIpc) is 2.66. The zero-order chi connectivity index (χ0) is 13.1. The number of cyclic esters (lactones) is 1. The third-order valence-corrected chi connectivity index (χ3v) is 1.90. The van der Waals surface area contributed by atoms with E-state index in [-0.39, 0.29) is 6.09 Å². The van der Waals surface area contributed by atoms with E-state index in [1.165, 1.54) is 12.5 Å². The molecule has 17 heavy (non-hydrogen) atoms. The zero-order valence-corrected chi connectivity index (χ0v) is 10.6. The number of carbonyl (C=O) groups is 2. The van der Waals surface area contributed by atoms with Gasteiger partial charge < -0.3 is 14.4 Å². The van der Waals surface area contributed by atoms with Crippen LogP contribution < -0.4 is 0 Å². The topological polar surface area (TPSA) is 46.6 Å². The number of likely N-dealkylation sites (N-methyl/N-ethyl adjacent to an activating group) is 1. The molecule has 1 amide bonds. The molecule has 1 heterocycles. The van der Waals surface area contributed by atoms with Gasteiger partial charge in [0, 0.05) is 7.05 Å². The molecule has 0 unspecified atom stereocenters. The van der Waals surface area contributed by atoms with Gasteiger partial charge >= 0.3 is 6.09 Å². The van der Waals surface area contributed by atoms with E-state index in [1.807, 2.05) is 18.2 Å². The van der Waals surface area contributed by atoms with Crippen molar-refractivity contribution in [3.05, 3.63) is 35.9 Å². The molecule has 1 aromatic carbocycles. The monoisotopic (exact) mass is 237 g/mol. The van der Waals surface area contributed by atoms with Crippen molar-refractivity contribution in [1.82, 2.24) is 4.90 Å². The number of ether oxygens (including phenoxy) is 1. The molecule has 1 saturated heterocycles. The van der Waals surface area contributed by atoms with E-state index in [0.717, 1.165) is 12.8 Å². The number of carbonyl (C=O) groups excluding carboxylic acids is 2. The molecule has 4 heteroatoms. The molecule has 94 valence electrons. The first kappa shape index (κ1) is 15.2. The number of amides is 1. The van der Waals surface area contributed by atoms with E-state index < -0.39 is 0 Å². The first-order valence-corrected chi connectivity index (χ1v) is 5.41. The summed E-state index contributed by atoms with van der Waals surface area (Å²) in [6.45, 7) is 4.81. The Balaban J connectivity index is 0.000000247. The van der Waals surface area contributed by atoms with Crippen LogP contribution in [-0.4, -0.2) is 37.5 Å². The van der Waals surface area contributed by atoms with Crippen LogP contribution in [0.15, 0.2) is 30.3 Å². The lowest BCUT2D eigenvalue weighted by atomic mass is 10.2. The van der Waals surface area contributed by atoms with E-state index in [4.69, 9.17) is 4.79 Å². The normalized spacial score (nSPS) is 12.6. The fraction of sp³-hybridized carbons (Fsp3) is 0.385. The minimum absolute atomic E-state index is 0.208. The van der Waals surface area contributed by atoms with Gasteiger partial charge in [-0.25, -0.2) is 4.79 Å². The maximum Gasteiger partial charge on any atom is 0.409 e. The van der Waals surface area contributed by atoms with Crippen molar-refractivity contribution < 1.29 is 14.3 Å². The number of hydrogen-bond donors (Lipinski definition) is 0. The molecule has 2 rings (SSSR count). The van der Waals surface area contributed by atoms with Crippen LogP contribution in [0.1, 0.15) is 12.5 Å². The molecule has 0 spiro atoms. The average molecular weight is 237 g/mol. The lowest BCUT2D eigenvalue weighted by Crippen LogP contribution is -2.17. The Morgan fingerprint density at radius 2 is 1.82 bits per heavy atom. The van der Waals surface area contributed by atoms with E-state index in [1.54, 1.807) is 11.9 Å². The molecule has 1 aliphatic rings. The molecule has 0 aromatic heterocycles. The van der Waals surface area contributed by atoms with Gasteiger partial charge in [0.15, 0.2) is 0 Å². The van der Waals surface area contributed by atoms with Crippen molar-refractivity contribution in [2.45, 2.75) is 13.8 Å². The molecule has 0 N–H and O–H groups in total. The summed E-state index contributed by atoms with van der Waals surface area (Å²) in [6.07, 6.45) is 0.542. The Hall–Kier alpha value is -1.84. The Morgan fingerprint density at radius 1 is 1.29 bits per heavy atom. The van der Waals surface area contributed by atoms with Crippen LogP contribution in [0.25, 0.3) is 0 Å². The van der Waals surface area contributed by atoms with Crippen molar-refractivity contribution in [2.75, 3.05) is 20.2 Å². The minimum atomic E-state index is -0.208. The quantitative estimate of drug-likeness (QED) is 0.650. The van der Waals surface area contributed by atoms with Crippen molar-refractivity contribution >= 4 is 12.4 Å². The Morgan fingerprint density at radius 3 is 2.00 bits per heavy atom. The first-order valence-electron chi connectivity index (χ1n) is 5.41. The van der Waals surface area contributed by atoms with Gasteiger partial charge in [0.1, 0.15) is 12.9 Å². The summed E-state index contributed by atoms with van der Waals surface area (Å²) in [7, 11) is 1.72. The van der Waals surface area contributed by atoms with Crippen LogP contribution in [0.4, 0.5) is 4.79 Å². The predicted molar refractivity (Wildman–Crippen MR) is 66.9 cm³/mol. The van der Waals surface area contributed by atoms with E-state index in [2.05, 4.69) is 23.8 Å². The summed E-state index contributed by atoms with van der Waals surface area (Å²) in [5, 5.41) is 0. The lowest BCUT2D eigenvalue weighted by Gasteiger charge is -1.98. The Kier molecular flexibility index (Phi) is 8.37. The summed E-state index contributed by atoms with van der Waals surface area (Å²) >= 11 is 0. The number of benzene rings is 1. The summed E-state index contributed by atoms with van der Waals surface area (Å²) < 4.78 is 4.55. The fourth-order valence-corrected chi connectivity index (χ4v) is 1.01. The van der Waals surface area contributed by atoms with Gasteiger partial charge in [0.05, 0.1) is 6.54 Å². The highest BCUT2D eigenvalue weighted by Crippen LogP contribution is 1.96. The maximum atomic E-state index is 10.3. The molecular formula is C13H19NO3. The summed E-state index contributed by atoms with van der Waals surface area (Å²) in [4.78, 5) is 20.6. The van der Waals surface area contributed by atoms with Crippen molar-refractivity contribution in [2.24, 2.45) is 0 Å². The van der Waals surface area contributed by atoms with Crippen molar-refractivity contribution in [1.29, 1.82) is 0 Å². The second-order valence-corrected chi connectivity index (χ2v) is 3.43. The van der Waals surface area contributed by atoms with Gasteiger partial charge in [-0.3, -0.25) is 0 Å². The SMILES string of the molecule is CC=O.CN1CCOC1=O.Cc1ccccc1. The highest BCUT2D eigenvalue weighted by molar-refractivity contribution is 5.68. The summed E-state index contributed by atoms with van der Waals surface area (Å²) in [5.41, 5.74) is 1.32. The molecule has 0 aliphatic carbocycles. The lowest BCUT2D eigenvalue weighted by molar-refractivity contribution is -0.106. The molecule has 0 saturated carbocycles. The van der Waals surface area contributed by atoms with Crippen LogP contribution in [-0.2, 0) is 9.53 Å². The number of aryl methyl sites for hydroxylation is 1.